The number of thioether (sulfide) groups is 1. The maximum Gasteiger partial charge on any atom is 0.175 e. The zero-order valence-corrected chi connectivity index (χ0v) is 16.6. The molecule has 1 aliphatic heterocycles. The van der Waals surface area contributed by atoms with Crippen LogP contribution in [0.15, 0.2) is 52.3 Å². The number of nitrogens with zero attached hydrogens (tertiary/aromatic N) is 2. The Hall–Kier alpha value is -2.05. The normalized spacial score (nSPS) is 13.3. The van der Waals surface area contributed by atoms with Crippen molar-refractivity contribution in [2.45, 2.75) is 29.6 Å². The fraction of sp³-hybridized carbons (Fsp3) is 0.250. The lowest BCUT2D eigenvalue weighted by Gasteiger charge is -2.21. The van der Waals surface area contributed by atoms with Gasteiger partial charge in [-0.2, -0.15) is 0 Å². The fourth-order valence-electron chi connectivity index (χ4n) is 3.56. The van der Waals surface area contributed by atoms with Crippen LogP contribution in [0, 0.1) is 6.92 Å². The van der Waals surface area contributed by atoms with Gasteiger partial charge in [-0.05, 0) is 55.5 Å². The van der Waals surface area contributed by atoms with Crippen LogP contribution in [0.25, 0.3) is 16.9 Å². The highest BCUT2D eigenvalue weighted by Gasteiger charge is 2.24. The monoisotopic (exact) mass is 384 g/mol. The van der Waals surface area contributed by atoms with Crippen molar-refractivity contribution in [1.29, 1.82) is 0 Å². The third-order valence-electron chi connectivity index (χ3n) is 4.82. The summed E-state index contributed by atoms with van der Waals surface area (Å²) in [6.07, 6.45) is 4.93. The maximum atomic E-state index is 11.9. The van der Waals surface area contributed by atoms with Crippen molar-refractivity contribution < 1.29 is 8.42 Å². The van der Waals surface area contributed by atoms with Crippen LogP contribution in [0.2, 0.25) is 0 Å². The van der Waals surface area contributed by atoms with Crippen LogP contribution < -0.4 is 0 Å². The van der Waals surface area contributed by atoms with Crippen LogP contribution in [0.3, 0.4) is 0 Å². The second-order valence-corrected chi connectivity index (χ2v) is 9.48. The van der Waals surface area contributed by atoms with E-state index in [1.807, 2.05) is 19.1 Å². The highest BCUT2D eigenvalue weighted by Crippen LogP contribution is 2.35. The first-order chi connectivity index (χ1) is 12.4. The van der Waals surface area contributed by atoms with Crippen molar-refractivity contribution >= 4 is 21.6 Å². The summed E-state index contributed by atoms with van der Waals surface area (Å²) in [5.41, 5.74) is 5.29. The number of aryl methyl sites for hydroxylation is 3. The lowest BCUT2D eigenvalue weighted by atomic mass is 10.0. The molecule has 1 aromatic heterocycles. The molecule has 4 rings (SSSR count). The third-order valence-corrected chi connectivity index (χ3v) is 6.68. The average molecular weight is 385 g/mol. The van der Waals surface area contributed by atoms with E-state index in [1.54, 1.807) is 17.8 Å². The molecule has 0 unspecified atom stereocenters. The second-order valence-electron chi connectivity index (χ2n) is 6.59. The lowest BCUT2D eigenvalue weighted by molar-refractivity contribution is 0.601. The van der Waals surface area contributed by atoms with E-state index in [1.165, 1.54) is 11.2 Å². The van der Waals surface area contributed by atoms with Gasteiger partial charge in [-0.25, -0.2) is 13.4 Å². The number of rotatable bonds is 3. The Morgan fingerprint density at radius 1 is 1.08 bits per heavy atom. The maximum absolute atomic E-state index is 11.9. The standard InChI is InChI=1S/C20H20N2O2S2/c1-13-20(14-4-7-16(25-2)8-5-14)22-18-10-9-17(26(3,23)24)12-15(18)6-11-19(22)21-13/h4-5,7-10,12H,6,11H2,1-3H3. The summed E-state index contributed by atoms with van der Waals surface area (Å²) in [5.74, 6) is 1.03. The second kappa shape index (κ2) is 6.28. The van der Waals surface area contributed by atoms with Crippen molar-refractivity contribution in [3.63, 3.8) is 0 Å². The quantitative estimate of drug-likeness (QED) is 0.639. The molecule has 0 aliphatic carbocycles. The number of aromatic nitrogens is 2. The van der Waals surface area contributed by atoms with E-state index in [0.717, 1.165) is 46.9 Å². The molecule has 0 N–H and O–H groups in total. The average Bonchev–Trinajstić information content (AvgIpc) is 2.97. The number of hydrogen-bond acceptors (Lipinski definition) is 4. The third kappa shape index (κ3) is 2.87. The highest BCUT2D eigenvalue weighted by atomic mass is 32.2. The molecule has 26 heavy (non-hydrogen) atoms. The lowest BCUT2D eigenvalue weighted by Crippen LogP contribution is -2.14. The first-order valence-corrected chi connectivity index (χ1v) is 11.6. The molecule has 0 spiro atoms. The smallest absolute Gasteiger partial charge is 0.175 e. The van der Waals surface area contributed by atoms with Gasteiger partial charge < -0.3 is 0 Å². The summed E-state index contributed by atoms with van der Waals surface area (Å²) in [6, 6.07) is 13.9. The molecule has 0 bridgehead atoms. The van der Waals surface area contributed by atoms with Gasteiger partial charge in [0.15, 0.2) is 9.84 Å². The van der Waals surface area contributed by atoms with Gasteiger partial charge in [0.25, 0.3) is 0 Å². The minimum atomic E-state index is -3.21. The molecule has 0 fully saturated rings. The first-order valence-electron chi connectivity index (χ1n) is 8.44. The van der Waals surface area contributed by atoms with Crippen molar-refractivity contribution in [2.75, 3.05) is 12.5 Å². The summed E-state index contributed by atoms with van der Waals surface area (Å²) < 4.78 is 26.0. The molecule has 0 saturated carbocycles. The van der Waals surface area contributed by atoms with Crippen molar-refractivity contribution in [1.82, 2.24) is 9.55 Å². The Bertz CT molecular complexity index is 1100. The summed E-state index contributed by atoms with van der Waals surface area (Å²) in [7, 11) is -3.21. The summed E-state index contributed by atoms with van der Waals surface area (Å²) in [5, 5.41) is 0. The van der Waals surface area contributed by atoms with Crippen molar-refractivity contribution in [3.05, 3.63) is 59.5 Å². The Balaban J connectivity index is 1.90. The van der Waals surface area contributed by atoms with E-state index in [-0.39, 0.29) is 0 Å². The largest absolute Gasteiger partial charge is 0.296 e. The summed E-state index contributed by atoms with van der Waals surface area (Å²) in [4.78, 5) is 6.38. The molecule has 2 heterocycles. The summed E-state index contributed by atoms with van der Waals surface area (Å²) in [6.45, 7) is 2.04. The molecular weight excluding hydrogens is 364 g/mol. The minimum absolute atomic E-state index is 0.377. The zero-order chi connectivity index (χ0) is 18.5. The number of sulfone groups is 1. The van der Waals surface area contributed by atoms with E-state index >= 15 is 0 Å². The molecule has 3 aromatic rings. The predicted molar refractivity (Wildman–Crippen MR) is 106 cm³/mol. The SMILES string of the molecule is CSc1ccc(-c2c(C)nc3n2-c2ccc(S(C)(=O)=O)cc2CC3)cc1. The molecule has 0 atom stereocenters. The Kier molecular flexibility index (Phi) is 4.20. The van der Waals surface area contributed by atoms with Gasteiger partial charge in [0.2, 0.25) is 0 Å². The van der Waals surface area contributed by atoms with E-state index in [4.69, 9.17) is 4.98 Å². The van der Waals surface area contributed by atoms with E-state index < -0.39 is 9.84 Å². The molecule has 0 saturated heterocycles. The van der Waals surface area contributed by atoms with Gasteiger partial charge in [-0.1, -0.05) is 12.1 Å². The molecule has 1 aliphatic rings. The number of imidazole rings is 1. The number of benzene rings is 2. The molecule has 0 radical (unpaired) electrons. The van der Waals surface area contributed by atoms with Crippen LogP contribution in [0.5, 0.6) is 0 Å². The first kappa shape index (κ1) is 17.4. The summed E-state index contributed by atoms with van der Waals surface area (Å²) >= 11 is 1.72. The minimum Gasteiger partial charge on any atom is -0.296 e. The Morgan fingerprint density at radius 2 is 1.81 bits per heavy atom. The van der Waals surface area contributed by atoms with E-state index in [0.29, 0.717) is 4.90 Å². The van der Waals surface area contributed by atoms with Gasteiger partial charge in [0.05, 0.1) is 22.0 Å². The molecule has 2 aromatic carbocycles. The molecular formula is C20H20N2O2S2. The molecule has 134 valence electrons. The number of hydrogen-bond donors (Lipinski definition) is 0. The van der Waals surface area contributed by atoms with Crippen molar-refractivity contribution in [3.8, 4) is 16.9 Å². The zero-order valence-electron chi connectivity index (χ0n) is 15.0. The van der Waals surface area contributed by atoms with Crippen LogP contribution >= 0.6 is 11.8 Å². The topological polar surface area (TPSA) is 52.0 Å². The van der Waals surface area contributed by atoms with Gasteiger partial charge >= 0.3 is 0 Å². The van der Waals surface area contributed by atoms with Crippen molar-refractivity contribution in [2.24, 2.45) is 0 Å². The number of fused-ring (bicyclic) bond motifs is 3. The fourth-order valence-corrected chi connectivity index (χ4v) is 4.64. The van der Waals surface area contributed by atoms with Crippen LogP contribution in [-0.2, 0) is 22.7 Å². The predicted octanol–water partition coefficient (Wildman–Crippen LogP) is 4.07. The van der Waals surface area contributed by atoms with Gasteiger partial charge in [-0.15, -0.1) is 11.8 Å². The molecule has 4 nitrogen and oxygen atoms in total. The van der Waals surface area contributed by atoms with E-state index in [9.17, 15) is 8.42 Å². The van der Waals surface area contributed by atoms with Crippen LogP contribution in [0.1, 0.15) is 17.1 Å². The highest BCUT2D eigenvalue weighted by molar-refractivity contribution is 7.98. The van der Waals surface area contributed by atoms with Crippen LogP contribution in [0.4, 0.5) is 0 Å². The van der Waals surface area contributed by atoms with Gasteiger partial charge in [0.1, 0.15) is 5.82 Å². The van der Waals surface area contributed by atoms with Gasteiger partial charge in [-0.3, -0.25) is 4.57 Å². The van der Waals surface area contributed by atoms with E-state index in [2.05, 4.69) is 35.1 Å². The van der Waals surface area contributed by atoms with Gasteiger partial charge in [0, 0.05) is 23.1 Å². The molecule has 6 heteroatoms. The Labute approximate surface area is 158 Å². The molecule has 0 amide bonds. The van der Waals surface area contributed by atoms with Crippen LogP contribution in [-0.4, -0.2) is 30.5 Å². The Morgan fingerprint density at radius 3 is 2.46 bits per heavy atom.